The van der Waals surface area contributed by atoms with Crippen LogP contribution in [0, 0.1) is 11.8 Å². The highest BCUT2D eigenvalue weighted by Gasteiger charge is 2.30. The van der Waals surface area contributed by atoms with Gasteiger partial charge in [-0.25, -0.2) is 4.52 Å². The van der Waals surface area contributed by atoms with E-state index in [0.717, 1.165) is 11.1 Å². The van der Waals surface area contributed by atoms with Crippen molar-refractivity contribution in [3.63, 3.8) is 0 Å². The fourth-order valence-electron chi connectivity index (χ4n) is 4.58. The van der Waals surface area contributed by atoms with Gasteiger partial charge in [0.2, 0.25) is 0 Å². The molecule has 0 amide bonds. The highest BCUT2D eigenvalue weighted by atomic mass is 35.5. The molecule has 0 radical (unpaired) electrons. The number of methoxy groups -OCH3 is 1. The Morgan fingerprint density at radius 3 is 2.32 bits per heavy atom. The van der Waals surface area contributed by atoms with Gasteiger partial charge in [0.25, 0.3) is 5.56 Å². The van der Waals surface area contributed by atoms with Gasteiger partial charge in [-0.15, -0.1) is 0 Å². The van der Waals surface area contributed by atoms with Crippen molar-refractivity contribution in [2.45, 2.75) is 59.7 Å². The summed E-state index contributed by atoms with van der Waals surface area (Å²) < 4.78 is 25.4. The maximum atomic E-state index is 13.4. The zero-order chi connectivity index (χ0) is 32.2. The van der Waals surface area contributed by atoms with Crippen LogP contribution in [0.15, 0.2) is 65.8 Å². The summed E-state index contributed by atoms with van der Waals surface area (Å²) in [5, 5.41) is 5.04. The molecule has 11 heteroatoms. The molecule has 4 rings (SSSR count). The number of ether oxygens (including phenoxy) is 4. The zero-order valence-electron chi connectivity index (χ0n) is 26.0. The van der Waals surface area contributed by atoms with Crippen molar-refractivity contribution >= 4 is 29.1 Å². The van der Waals surface area contributed by atoms with Gasteiger partial charge < -0.3 is 18.9 Å². The van der Waals surface area contributed by atoms with Crippen LogP contribution >= 0.6 is 11.6 Å². The second kappa shape index (κ2) is 13.5. The summed E-state index contributed by atoms with van der Waals surface area (Å²) >= 11 is 6.01. The molecule has 0 fully saturated rings. The zero-order valence-corrected chi connectivity index (χ0v) is 26.8. The summed E-state index contributed by atoms with van der Waals surface area (Å²) in [7, 11) is 1.50. The molecule has 4 aromatic rings. The number of aromatic nitrogens is 3. The summed E-state index contributed by atoms with van der Waals surface area (Å²) in [5.41, 5.74) is 1.78. The fourth-order valence-corrected chi connectivity index (χ4v) is 4.71. The average molecular weight is 624 g/mol. The Morgan fingerprint density at radius 2 is 1.68 bits per heavy atom. The van der Waals surface area contributed by atoms with E-state index in [2.05, 4.69) is 5.10 Å². The van der Waals surface area contributed by atoms with Crippen molar-refractivity contribution in [1.29, 1.82) is 0 Å². The van der Waals surface area contributed by atoms with Crippen LogP contribution in [-0.2, 0) is 19.1 Å². The summed E-state index contributed by atoms with van der Waals surface area (Å²) in [4.78, 5) is 38.6. The summed E-state index contributed by atoms with van der Waals surface area (Å²) in [5.74, 6) is -0.916. The summed E-state index contributed by atoms with van der Waals surface area (Å²) in [6, 6.07) is 14.2. The third-order valence-electron chi connectivity index (χ3n) is 6.84. The molecule has 2 heterocycles. The third-order valence-corrected chi connectivity index (χ3v) is 7.09. The van der Waals surface area contributed by atoms with Gasteiger partial charge in [0.05, 0.1) is 25.1 Å². The number of halogens is 1. The molecule has 2 aromatic carbocycles. The van der Waals surface area contributed by atoms with Crippen molar-refractivity contribution in [2.75, 3.05) is 13.7 Å². The fraction of sp³-hybridized carbons (Fsp3) is 0.394. The molecule has 0 unspecified atom stereocenters. The predicted molar refractivity (Wildman–Crippen MR) is 168 cm³/mol. The standard InChI is InChI=1S/C33H38ClN3O7/c1-20(2)26(16-30(38)44-33(4,5)6)32(40)43-21(3)18-42-28-13-12-25(15-29(28)41-7)36-19-35-37-17-23(14-27(37)31(36)39)22-8-10-24(34)11-9-22/h8-15,17,19-21,26H,16,18H2,1-7H3/t21-,26+/m1/s1. The first-order valence-corrected chi connectivity index (χ1v) is 14.7. The Balaban J connectivity index is 1.45. The number of benzene rings is 2. The number of hydrogen-bond acceptors (Lipinski definition) is 8. The number of hydrogen-bond donors (Lipinski definition) is 0. The summed E-state index contributed by atoms with van der Waals surface area (Å²) in [6.45, 7) is 10.8. The van der Waals surface area contributed by atoms with Gasteiger partial charge in [-0.2, -0.15) is 5.10 Å². The van der Waals surface area contributed by atoms with Crippen LogP contribution in [-0.4, -0.2) is 51.5 Å². The predicted octanol–water partition coefficient (Wildman–Crippen LogP) is 6.13. The topological polar surface area (TPSA) is 110 Å². The largest absolute Gasteiger partial charge is 0.493 e. The molecule has 44 heavy (non-hydrogen) atoms. The SMILES string of the molecule is COc1cc(-n2cnn3cc(-c4ccc(Cl)cc4)cc3c2=O)ccc1OC[C@@H](C)OC(=O)[C@@H](CC(=O)OC(C)(C)C)C(C)C. The van der Waals surface area contributed by atoms with E-state index in [0.29, 0.717) is 27.7 Å². The summed E-state index contributed by atoms with van der Waals surface area (Å²) in [6.07, 6.45) is 2.56. The number of esters is 2. The second-order valence-corrected chi connectivity index (χ2v) is 12.3. The molecule has 0 aliphatic heterocycles. The highest BCUT2D eigenvalue weighted by molar-refractivity contribution is 6.30. The van der Waals surface area contributed by atoms with E-state index in [9.17, 15) is 14.4 Å². The first-order valence-electron chi connectivity index (χ1n) is 14.3. The van der Waals surface area contributed by atoms with Crippen molar-refractivity contribution in [3.8, 4) is 28.3 Å². The molecular formula is C33H38ClN3O7. The molecule has 0 N–H and O–H groups in total. The molecule has 0 bridgehead atoms. The second-order valence-electron chi connectivity index (χ2n) is 11.9. The maximum absolute atomic E-state index is 13.4. The van der Waals surface area contributed by atoms with Crippen LogP contribution in [0.5, 0.6) is 11.5 Å². The first kappa shape index (κ1) is 32.6. The molecule has 2 atom stereocenters. The van der Waals surface area contributed by atoms with Crippen LogP contribution < -0.4 is 15.0 Å². The lowest BCUT2D eigenvalue weighted by molar-refractivity contribution is -0.165. The molecule has 2 aromatic heterocycles. The van der Waals surface area contributed by atoms with Gasteiger partial charge >= 0.3 is 11.9 Å². The van der Waals surface area contributed by atoms with Gasteiger partial charge in [0, 0.05) is 22.8 Å². The van der Waals surface area contributed by atoms with Gasteiger partial charge in [-0.3, -0.25) is 19.0 Å². The van der Waals surface area contributed by atoms with Gasteiger partial charge in [-0.1, -0.05) is 37.6 Å². The highest BCUT2D eigenvalue weighted by Crippen LogP contribution is 2.30. The molecule has 0 aliphatic carbocycles. The van der Waals surface area contributed by atoms with E-state index in [1.165, 1.54) is 22.5 Å². The maximum Gasteiger partial charge on any atom is 0.310 e. The normalized spacial score (nSPS) is 13.0. The van der Waals surface area contributed by atoms with E-state index in [1.54, 1.807) is 70.3 Å². The van der Waals surface area contributed by atoms with E-state index in [4.69, 9.17) is 30.5 Å². The number of carbonyl (C=O) groups excluding carboxylic acids is 2. The Bertz CT molecular complexity index is 1690. The lowest BCUT2D eigenvalue weighted by atomic mass is 9.92. The number of rotatable bonds is 11. The lowest BCUT2D eigenvalue weighted by Gasteiger charge is -2.24. The number of carbonyl (C=O) groups is 2. The third kappa shape index (κ3) is 7.99. The van der Waals surface area contributed by atoms with Crippen LogP contribution in [0.2, 0.25) is 5.02 Å². The molecule has 234 valence electrons. The molecular weight excluding hydrogens is 586 g/mol. The van der Waals surface area contributed by atoms with E-state index in [-0.39, 0.29) is 24.5 Å². The quantitative estimate of drug-likeness (QED) is 0.184. The number of nitrogens with zero attached hydrogens (tertiary/aromatic N) is 3. The first-order chi connectivity index (χ1) is 20.8. The minimum atomic E-state index is -0.645. The Hall–Kier alpha value is -4.31. The van der Waals surface area contributed by atoms with Gasteiger partial charge in [0.15, 0.2) is 11.5 Å². The molecule has 0 spiro atoms. The minimum Gasteiger partial charge on any atom is -0.493 e. The monoisotopic (exact) mass is 623 g/mol. The van der Waals surface area contributed by atoms with Crippen LogP contribution in [0.4, 0.5) is 0 Å². The van der Waals surface area contributed by atoms with Crippen LogP contribution in [0.1, 0.15) is 48.0 Å². The van der Waals surface area contributed by atoms with E-state index in [1.807, 2.05) is 26.0 Å². The Kier molecular flexibility index (Phi) is 10.0. The van der Waals surface area contributed by atoms with Crippen LogP contribution in [0.3, 0.4) is 0 Å². The average Bonchev–Trinajstić information content (AvgIpc) is 3.39. The lowest BCUT2D eigenvalue weighted by Crippen LogP contribution is -2.33. The molecule has 0 saturated heterocycles. The van der Waals surface area contributed by atoms with E-state index < -0.39 is 29.6 Å². The Morgan fingerprint density at radius 1 is 0.977 bits per heavy atom. The smallest absolute Gasteiger partial charge is 0.310 e. The van der Waals surface area contributed by atoms with Gasteiger partial charge in [-0.05, 0) is 69.5 Å². The van der Waals surface area contributed by atoms with Crippen LogP contribution in [0.25, 0.3) is 22.3 Å². The molecule has 0 aliphatic rings. The van der Waals surface area contributed by atoms with Crippen molar-refractivity contribution in [1.82, 2.24) is 14.2 Å². The molecule has 10 nitrogen and oxygen atoms in total. The van der Waals surface area contributed by atoms with Crippen molar-refractivity contribution < 1.29 is 28.5 Å². The van der Waals surface area contributed by atoms with E-state index >= 15 is 0 Å². The Labute approximate surface area is 261 Å². The van der Waals surface area contributed by atoms with Gasteiger partial charge in [0.1, 0.15) is 30.2 Å². The molecule has 0 saturated carbocycles. The van der Waals surface area contributed by atoms with Crippen molar-refractivity contribution in [3.05, 3.63) is 76.4 Å². The minimum absolute atomic E-state index is 0.0454. The van der Waals surface area contributed by atoms with Crippen molar-refractivity contribution in [2.24, 2.45) is 11.8 Å². The number of fused-ring (bicyclic) bond motifs is 1.